The molecule has 3 unspecified atom stereocenters. The van der Waals surface area contributed by atoms with E-state index in [9.17, 15) is 23.2 Å². The molecule has 5 rings (SSSR count). The largest absolute Gasteiger partial charge is 0.373 e. The maximum Gasteiger partial charge on any atom is 0.271 e. The molecule has 11 nitrogen and oxygen atoms in total. The van der Waals surface area contributed by atoms with Gasteiger partial charge in [0.1, 0.15) is 34.6 Å². The second-order valence-corrected chi connectivity index (χ2v) is 10.9. The van der Waals surface area contributed by atoms with E-state index >= 15 is 0 Å². The third-order valence-electron chi connectivity index (χ3n) is 7.57. The number of thioether (sulfide) groups is 1. The summed E-state index contributed by atoms with van der Waals surface area (Å²) in [6.07, 6.45) is 2.04. The van der Waals surface area contributed by atoms with Crippen LogP contribution in [-0.4, -0.2) is 72.8 Å². The van der Waals surface area contributed by atoms with E-state index in [1.54, 1.807) is 37.4 Å². The molecule has 1 saturated carbocycles. The first-order valence-corrected chi connectivity index (χ1v) is 13.8. The van der Waals surface area contributed by atoms with Gasteiger partial charge < -0.3 is 36.4 Å². The molecule has 1 aromatic heterocycles. The smallest absolute Gasteiger partial charge is 0.271 e. The van der Waals surface area contributed by atoms with Crippen LogP contribution in [-0.2, 0) is 14.4 Å². The molecule has 0 spiro atoms. The van der Waals surface area contributed by atoms with Gasteiger partial charge in [0.05, 0.1) is 25.0 Å². The molecule has 2 fully saturated rings. The summed E-state index contributed by atoms with van der Waals surface area (Å²) >= 11 is 1.47. The number of nitrogens with zero attached hydrogens (tertiary/aromatic N) is 3. The predicted octanol–water partition coefficient (Wildman–Crippen LogP) is 0.768. The van der Waals surface area contributed by atoms with Gasteiger partial charge in [0.15, 0.2) is 5.78 Å². The van der Waals surface area contributed by atoms with E-state index < -0.39 is 29.7 Å². The molecule has 5 N–H and O–H groups in total. The lowest BCUT2D eigenvalue weighted by molar-refractivity contribution is -0.126. The van der Waals surface area contributed by atoms with Gasteiger partial charge in [0.2, 0.25) is 5.91 Å². The van der Waals surface area contributed by atoms with E-state index in [0.29, 0.717) is 37.0 Å². The first-order valence-electron chi connectivity index (χ1n) is 12.9. The standard InChI is InChI=1S/C25H32F2N8O3S/c1-4-15(36)8-30-23(38)20-21(28-3)31-12-35(20)13(2)22(37)32-18-11-39-24(33-18)14-5-6-19(29-7-14)34-9-16-17(10-34)25(16,26)27/h5-7,11,13,16-17,24,28,31,33H,4,8-10,12H2,1-3H3,(H,30,38)(H,32,37)/t13-,16?,17?,24?/m0/s1. The van der Waals surface area contributed by atoms with Crippen molar-refractivity contribution in [2.45, 2.75) is 37.6 Å². The minimum atomic E-state index is -2.52. The fourth-order valence-electron chi connectivity index (χ4n) is 5.03. The summed E-state index contributed by atoms with van der Waals surface area (Å²) in [5.41, 5.74) is 1.15. The first-order chi connectivity index (χ1) is 18.6. The zero-order chi connectivity index (χ0) is 27.9. The molecule has 1 saturated heterocycles. The molecule has 2 amide bonds. The van der Waals surface area contributed by atoms with Crippen LogP contribution in [0, 0.1) is 11.8 Å². The van der Waals surface area contributed by atoms with Crippen molar-refractivity contribution >= 4 is 35.2 Å². The number of piperidine rings is 1. The van der Waals surface area contributed by atoms with Crippen molar-refractivity contribution in [3.63, 3.8) is 0 Å². The van der Waals surface area contributed by atoms with Crippen molar-refractivity contribution in [3.05, 3.63) is 46.6 Å². The summed E-state index contributed by atoms with van der Waals surface area (Å²) in [5, 5.41) is 16.4. The number of nitrogens with one attached hydrogen (secondary N) is 5. The van der Waals surface area contributed by atoms with Gasteiger partial charge in [-0.15, -0.1) is 11.8 Å². The van der Waals surface area contributed by atoms with Crippen LogP contribution in [0.5, 0.6) is 0 Å². The number of carbonyl (C=O) groups excluding carboxylic acids is 3. The molecule has 210 valence electrons. The summed E-state index contributed by atoms with van der Waals surface area (Å²) in [4.78, 5) is 45.6. The molecule has 4 heterocycles. The van der Waals surface area contributed by atoms with Gasteiger partial charge in [0.25, 0.3) is 11.8 Å². The van der Waals surface area contributed by atoms with Crippen molar-refractivity contribution in [2.75, 3.05) is 38.3 Å². The number of hydrogen-bond donors (Lipinski definition) is 5. The number of anilines is 1. The number of aromatic nitrogens is 1. The van der Waals surface area contributed by atoms with Crippen molar-refractivity contribution in [3.8, 4) is 0 Å². The molecular weight excluding hydrogens is 530 g/mol. The molecule has 3 aliphatic heterocycles. The van der Waals surface area contributed by atoms with Crippen LogP contribution in [0.2, 0.25) is 0 Å². The minimum absolute atomic E-state index is 0.0789. The number of ketones is 1. The summed E-state index contributed by atoms with van der Waals surface area (Å²) in [5.74, 6) is -2.81. The van der Waals surface area contributed by atoms with Crippen molar-refractivity contribution in [1.29, 1.82) is 0 Å². The van der Waals surface area contributed by atoms with Crippen LogP contribution < -0.4 is 31.5 Å². The highest BCUT2D eigenvalue weighted by Crippen LogP contribution is 2.59. The number of hydrogen-bond acceptors (Lipinski definition) is 10. The Labute approximate surface area is 229 Å². The zero-order valence-electron chi connectivity index (χ0n) is 21.9. The monoisotopic (exact) mass is 562 g/mol. The Hall–Kier alpha value is -3.55. The van der Waals surface area contributed by atoms with Gasteiger partial charge in [-0.2, -0.15) is 0 Å². The quantitative estimate of drug-likeness (QED) is 0.279. The molecule has 0 aromatic carbocycles. The van der Waals surface area contributed by atoms with E-state index in [1.165, 1.54) is 11.8 Å². The van der Waals surface area contributed by atoms with Crippen LogP contribution in [0.1, 0.15) is 31.2 Å². The van der Waals surface area contributed by atoms with Gasteiger partial charge in [-0.1, -0.05) is 13.0 Å². The van der Waals surface area contributed by atoms with Crippen molar-refractivity contribution in [1.82, 2.24) is 36.5 Å². The lowest BCUT2D eigenvalue weighted by atomic mass is 10.2. The zero-order valence-corrected chi connectivity index (χ0v) is 22.7. The molecular formula is C25H32F2N8O3S. The maximum absolute atomic E-state index is 13.5. The fraction of sp³-hybridized carbons (Fsp3) is 0.520. The fourth-order valence-corrected chi connectivity index (χ4v) is 5.92. The normalized spacial score (nSPS) is 25.4. The summed E-state index contributed by atoms with van der Waals surface area (Å²) in [6.45, 7) is 4.24. The summed E-state index contributed by atoms with van der Waals surface area (Å²) < 4.78 is 27.0. The van der Waals surface area contributed by atoms with E-state index in [0.717, 1.165) is 5.56 Å². The Balaban J connectivity index is 1.14. The lowest BCUT2D eigenvalue weighted by Crippen LogP contribution is -2.48. The second-order valence-electron chi connectivity index (χ2n) is 9.95. The van der Waals surface area contributed by atoms with Gasteiger partial charge in [-0.25, -0.2) is 13.8 Å². The predicted molar refractivity (Wildman–Crippen MR) is 142 cm³/mol. The molecule has 4 atom stereocenters. The number of carbonyl (C=O) groups is 3. The van der Waals surface area contributed by atoms with Gasteiger partial charge >= 0.3 is 0 Å². The summed E-state index contributed by atoms with van der Waals surface area (Å²) in [7, 11) is 1.67. The number of alkyl halides is 2. The van der Waals surface area contributed by atoms with E-state index in [2.05, 4.69) is 31.6 Å². The van der Waals surface area contributed by atoms with Crippen molar-refractivity contribution in [2.24, 2.45) is 11.8 Å². The molecule has 0 bridgehead atoms. The van der Waals surface area contributed by atoms with Crippen LogP contribution in [0.15, 0.2) is 41.1 Å². The van der Waals surface area contributed by atoms with E-state index in [1.807, 2.05) is 17.0 Å². The Kier molecular flexibility index (Phi) is 7.31. The molecule has 0 radical (unpaired) electrons. The van der Waals surface area contributed by atoms with Crippen LogP contribution in [0.4, 0.5) is 14.6 Å². The average molecular weight is 563 g/mol. The highest BCUT2D eigenvalue weighted by molar-refractivity contribution is 8.02. The average Bonchev–Trinajstić information content (AvgIpc) is 3.52. The van der Waals surface area contributed by atoms with E-state index in [4.69, 9.17) is 0 Å². The third kappa shape index (κ3) is 5.21. The highest BCUT2D eigenvalue weighted by Gasteiger charge is 2.71. The molecule has 39 heavy (non-hydrogen) atoms. The van der Waals surface area contributed by atoms with Crippen LogP contribution in [0.25, 0.3) is 0 Å². The number of halogens is 2. The number of amides is 2. The van der Waals surface area contributed by atoms with Crippen molar-refractivity contribution < 1.29 is 23.2 Å². The Bertz CT molecular complexity index is 1210. The third-order valence-corrected chi connectivity index (χ3v) is 8.60. The second kappa shape index (κ2) is 10.5. The SMILES string of the molecule is CCC(=O)CNC(=O)C1=C(NC)NCN1[C@@H](C)C(=O)NC1=CSC(c2ccc(N3CC4C(C3)C4(F)F)nc2)N1. The number of fused-ring (bicyclic) bond motifs is 1. The minimum Gasteiger partial charge on any atom is -0.373 e. The Morgan fingerprint density at radius 3 is 2.64 bits per heavy atom. The van der Waals surface area contributed by atoms with Gasteiger partial charge in [0, 0.05) is 43.7 Å². The number of Topliss-reactive ketones (excluding diaryl/α,β-unsaturated/α-hetero) is 1. The lowest BCUT2D eigenvalue weighted by Gasteiger charge is -2.27. The number of pyridine rings is 1. The maximum atomic E-state index is 13.5. The Morgan fingerprint density at radius 1 is 1.26 bits per heavy atom. The number of rotatable bonds is 10. The van der Waals surface area contributed by atoms with Gasteiger partial charge in [-0.3, -0.25) is 14.4 Å². The molecule has 14 heteroatoms. The van der Waals surface area contributed by atoms with Gasteiger partial charge in [-0.05, 0) is 13.0 Å². The first kappa shape index (κ1) is 27.0. The molecule has 4 aliphatic rings. The summed E-state index contributed by atoms with van der Waals surface area (Å²) in [6, 6.07) is 3.05. The van der Waals surface area contributed by atoms with Crippen LogP contribution >= 0.6 is 11.8 Å². The van der Waals surface area contributed by atoms with E-state index in [-0.39, 0.29) is 36.0 Å². The molecule has 1 aliphatic carbocycles. The highest BCUT2D eigenvalue weighted by atomic mass is 32.2. The topological polar surface area (TPSA) is 131 Å². The van der Waals surface area contributed by atoms with Crippen LogP contribution in [0.3, 0.4) is 0 Å². The molecule has 1 aromatic rings. The Morgan fingerprint density at radius 2 is 2.00 bits per heavy atom.